The minimum absolute atomic E-state index is 0.163. The SMILES string of the molecule is Cc1cn2cc(-c3ccc(C4(N)CC4)nc3)ccc2n1. The van der Waals surface area contributed by atoms with Gasteiger partial charge in [-0.25, -0.2) is 4.98 Å². The molecule has 1 fully saturated rings. The van der Waals surface area contributed by atoms with Crippen LogP contribution in [0.1, 0.15) is 24.2 Å². The first-order valence-corrected chi connectivity index (χ1v) is 6.85. The normalized spacial score (nSPS) is 16.5. The molecule has 0 atom stereocenters. The molecule has 3 heterocycles. The van der Waals surface area contributed by atoms with Crippen molar-refractivity contribution in [3.63, 3.8) is 0 Å². The van der Waals surface area contributed by atoms with E-state index in [9.17, 15) is 0 Å². The quantitative estimate of drug-likeness (QED) is 0.774. The molecule has 0 amide bonds. The molecule has 0 saturated heterocycles. The Labute approximate surface area is 117 Å². The average Bonchev–Trinajstić information content (AvgIpc) is 3.09. The third kappa shape index (κ3) is 1.80. The first-order chi connectivity index (χ1) is 9.64. The van der Waals surface area contributed by atoms with Crippen molar-refractivity contribution in [2.45, 2.75) is 25.3 Å². The van der Waals surface area contributed by atoms with Crippen molar-refractivity contribution in [3.05, 3.63) is 54.2 Å². The summed E-state index contributed by atoms with van der Waals surface area (Å²) >= 11 is 0. The Bertz CT molecular complexity index is 782. The van der Waals surface area contributed by atoms with Crippen molar-refractivity contribution in [2.75, 3.05) is 0 Å². The van der Waals surface area contributed by atoms with Crippen molar-refractivity contribution in [1.82, 2.24) is 14.4 Å². The summed E-state index contributed by atoms with van der Waals surface area (Å²) in [4.78, 5) is 8.96. The second kappa shape index (κ2) is 3.90. The average molecular weight is 264 g/mol. The van der Waals surface area contributed by atoms with Gasteiger partial charge in [-0.3, -0.25) is 4.98 Å². The maximum Gasteiger partial charge on any atom is 0.136 e. The van der Waals surface area contributed by atoms with Gasteiger partial charge in [0.15, 0.2) is 0 Å². The number of imidazole rings is 1. The molecule has 20 heavy (non-hydrogen) atoms. The van der Waals surface area contributed by atoms with E-state index < -0.39 is 0 Å². The van der Waals surface area contributed by atoms with Crippen LogP contribution < -0.4 is 5.73 Å². The first-order valence-electron chi connectivity index (χ1n) is 6.85. The van der Waals surface area contributed by atoms with E-state index in [1.807, 2.05) is 35.9 Å². The molecule has 0 spiro atoms. The molecule has 4 heteroatoms. The molecular weight excluding hydrogens is 248 g/mol. The molecule has 3 aromatic heterocycles. The van der Waals surface area contributed by atoms with Crippen LogP contribution in [0.4, 0.5) is 0 Å². The van der Waals surface area contributed by atoms with Crippen molar-refractivity contribution in [1.29, 1.82) is 0 Å². The maximum atomic E-state index is 6.16. The number of nitrogens with two attached hydrogens (primary N) is 1. The zero-order valence-electron chi connectivity index (χ0n) is 11.4. The number of hydrogen-bond acceptors (Lipinski definition) is 3. The molecule has 4 nitrogen and oxygen atoms in total. The van der Waals surface area contributed by atoms with E-state index in [2.05, 4.69) is 28.3 Å². The van der Waals surface area contributed by atoms with Crippen LogP contribution in [-0.4, -0.2) is 14.4 Å². The lowest BCUT2D eigenvalue weighted by atomic mass is 10.1. The minimum atomic E-state index is -0.163. The highest BCUT2D eigenvalue weighted by Crippen LogP contribution is 2.41. The van der Waals surface area contributed by atoms with Crippen LogP contribution in [0.25, 0.3) is 16.8 Å². The van der Waals surface area contributed by atoms with Crippen LogP contribution in [0.2, 0.25) is 0 Å². The number of fused-ring (bicyclic) bond motifs is 1. The Kier molecular flexibility index (Phi) is 2.26. The minimum Gasteiger partial charge on any atom is -0.320 e. The summed E-state index contributed by atoms with van der Waals surface area (Å²) in [6.07, 6.45) is 8.10. The molecule has 3 aromatic rings. The van der Waals surface area contributed by atoms with Gasteiger partial charge in [-0.05, 0) is 43.5 Å². The van der Waals surface area contributed by atoms with Gasteiger partial charge in [0.25, 0.3) is 0 Å². The van der Waals surface area contributed by atoms with E-state index in [0.29, 0.717) is 0 Å². The van der Waals surface area contributed by atoms with Crippen LogP contribution in [0.5, 0.6) is 0 Å². The van der Waals surface area contributed by atoms with Gasteiger partial charge >= 0.3 is 0 Å². The highest BCUT2D eigenvalue weighted by Gasteiger charge is 2.41. The smallest absolute Gasteiger partial charge is 0.136 e. The zero-order valence-corrected chi connectivity index (χ0v) is 11.4. The first kappa shape index (κ1) is 11.6. The fraction of sp³-hybridized carbons (Fsp3) is 0.250. The molecule has 1 aliphatic rings. The summed E-state index contributed by atoms with van der Waals surface area (Å²) in [5.74, 6) is 0. The number of aryl methyl sites for hydroxylation is 1. The molecule has 4 rings (SSSR count). The predicted octanol–water partition coefficient (Wildman–Crippen LogP) is 2.65. The predicted molar refractivity (Wildman–Crippen MR) is 78.3 cm³/mol. The fourth-order valence-electron chi connectivity index (χ4n) is 2.54. The van der Waals surface area contributed by atoms with Gasteiger partial charge in [-0.15, -0.1) is 0 Å². The summed E-state index contributed by atoms with van der Waals surface area (Å²) in [7, 11) is 0. The molecule has 100 valence electrons. The Morgan fingerprint density at radius 1 is 1.10 bits per heavy atom. The third-order valence-corrected chi connectivity index (χ3v) is 3.97. The summed E-state index contributed by atoms with van der Waals surface area (Å²) in [5.41, 5.74) is 11.2. The standard InChI is InChI=1S/C16H16N4/c1-11-9-20-10-13(3-5-15(20)19-11)12-2-4-14(18-8-12)16(17)6-7-16/h2-5,8-10H,6-7,17H2,1H3. The lowest BCUT2D eigenvalue weighted by Gasteiger charge is -2.09. The Morgan fingerprint density at radius 2 is 1.90 bits per heavy atom. The second-order valence-corrected chi connectivity index (χ2v) is 5.65. The van der Waals surface area contributed by atoms with E-state index in [4.69, 9.17) is 5.73 Å². The molecule has 0 bridgehead atoms. The number of hydrogen-bond donors (Lipinski definition) is 1. The summed E-state index contributed by atoms with van der Waals surface area (Å²) in [6.45, 7) is 2.00. The third-order valence-electron chi connectivity index (χ3n) is 3.97. The fourth-order valence-corrected chi connectivity index (χ4v) is 2.54. The van der Waals surface area contributed by atoms with Crippen molar-refractivity contribution in [2.24, 2.45) is 5.73 Å². The zero-order chi connectivity index (χ0) is 13.7. The van der Waals surface area contributed by atoms with Gasteiger partial charge in [0, 0.05) is 24.2 Å². The van der Waals surface area contributed by atoms with Gasteiger partial charge in [0.1, 0.15) is 5.65 Å². The number of rotatable bonds is 2. The monoisotopic (exact) mass is 264 g/mol. The summed E-state index contributed by atoms with van der Waals surface area (Å²) in [5, 5.41) is 0. The molecule has 0 aromatic carbocycles. The lowest BCUT2D eigenvalue weighted by molar-refractivity contribution is 0.708. The number of pyridine rings is 2. The number of nitrogens with zero attached hydrogens (tertiary/aromatic N) is 3. The maximum absolute atomic E-state index is 6.16. The van der Waals surface area contributed by atoms with Crippen LogP contribution in [-0.2, 0) is 5.54 Å². The lowest BCUT2D eigenvalue weighted by Crippen LogP contribution is -2.19. The van der Waals surface area contributed by atoms with Gasteiger partial charge in [0.2, 0.25) is 0 Å². The van der Waals surface area contributed by atoms with Crippen LogP contribution in [0, 0.1) is 6.92 Å². The molecular formula is C16H16N4. The van der Waals surface area contributed by atoms with Crippen LogP contribution in [0.15, 0.2) is 42.9 Å². The van der Waals surface area contributed by atoms with Crippen LogP contribution >= 0.6 is 0 Å². The van der Waals surface area contributed by atoms with Gasteiger partial charge in [-0.2, -0.15) is 0 Å². The van der Waals surface area contributed by atoms with Gasteiger partial charge < -0.3 is 10.1 Å². The number of aromatic nitrogens is 3. The molecule has 0 aliphatic heterocycles. The van der Waals surface area contributed by atoms with E-state index in [1.165, 1.54) is 0 Å². The Hall–Kier alpha value is -2.20. The molecule has 1 saturated carbocycles. The summed E-state index contributed by atoms with van der Waals surface area (Å²) < 4.78 is 2.05. The molecule has 1 aliphatic carbocycles. The highest BCUT2D eigenvalue weighted by molar-refractivity contribution is 5.64. The topological polar surface area (TPSA) is 56.2 Å². The molecule has 0 radical (unpaired) electrons. The highest BCUT2D eigenvalue weighted by atomic mass is 15.0. The van der Waals surface area contributed by atoms with Gasteiger partial charge in [-0.1, -0.05) is 6.07 Å². The van der Waals surface area contributed by atoms with Crippen molar-refractivity contribution < 1.29 is 0 Å². The van der Waals surface area contributed by atoms with E-state index >= 15 is 0 Å². The van der Waals surface area contributed by atoms with Crippen molar-refractivity contribution >= 4 is 5.65 Å². The molecule has 0 unspecified atom stereocenters. The largest absolute Gasteiger partial charge is 0.320 e. The van der Waals surface area contributed by atoms with E-state index in [0.717, 1.165) is 41.0 Å². The van der Waals surface area contributed by atoms with Crippen LogP contribution in [0.3, 0.4) is 0 Å². The Balaban J connectivity index is 1.74. The molecule has 2 N–H and O–H groups in total. The van der Waals surface area contributed by atoms with E-state index in [1.54, 1.807) is 0 Å². The summed E-state index contributed by atoms with van der Waals surface area (Å²) in [6, 6.07) is 8.25. The van der Waals surface area contributed by atoms with E-state index in [-0.39, 0.29) is 5.54 Å². The Morgan fingerprint density at radius 3 is 2.60 bits per heavy atom. The van der Waals surface area contributed by atoms with Gasteiger partial charge in [0.05, 0.1) is 16.9 Å². The van der Waals surface area contributed by atoms with Crippen molar-refractivity contribution in [3.8, 4) is 11.1 Å². The second-order valence-electron chi connectivity index (χ2n) is 5.65.